The monoisotopic (exact) mass is 224 g/mol. The molecule has 0 fully saturated rings. The van der Waals surface area contributed by atoms with E-state index in [1.54, 1.807) is 0 Å². The Kier molecular flexibility index (Phi) is 6.08. The molecule has 1 rings (SSSR count). The zero-order chi connectivity index (χ0) is 11.8. The van der Waals surface area contributed by atoms with Crippen LogP contribution in [0.3, 0.4) is 0 Å². The summed E-state index contributed by atoms with van der Waals surface area (Å²) in [4.78, 5) is 0. The Hall–Kier alpha value is -0.900. The van der Waals surface area contributed by atoms with Gasteiger partial charge in [-0.3, -0.25) is 4.68 Å². The van der Waals surface area contributed by atoms with Gasteiger partial charge in [-0.15, -0.1) is 5.10 Å². The Balaban J connectivity index is 2.22. The maximum atomic E-state index is 4.14. The van der Waals surface area contributed by atoms with E-state index in [-0.39, 0.29) is 0 Å². The van der Waals surface area contributed by atoms with Gasteiger partial charge in [-0.1, -0.05) is 38.8 Å². The smallest absolute Gasteiger partial charge is 0.0964 e. The zero-order valence-corrected chi connectivity index (χ0v) is 10.7. The third kappa shape index (κ3) is 5.26. The summed E-state index contributed by atoms with van der Waals surface area (Å²) >= 11 is 0. The standard InChI is InChI=1S/C12H24N4/c1-4-5-6-7-16-10-12(14-15-16)9-13-8-11(2)3/h10-11,13H,4-9H2,1-3H3. The Morgan fingerprint density at radius 3 is 2.88 bits per heavy atom. The molecule has 92 valence electrons. The molecule has 4 heteroatoms. The highest BCUT2D eigenvalue weighted by molar-refractivity contribution is 4.91. The molecule has 16 heavy (non-hydrogen) atoms. The van der Waals surface area contributed by atoms with Gasteiger partial charge in [-0.2, -0.15) is 0 Å². The molecule has 1 heterocycles. The number of unbranched alkanes of at least 4 members (excludes halogenated alkanes) is 2. The second kappa shape index (κ2) is 7.39. The van der Waals surface area contributed by atoms with Gasteiger partial charge in [0.2, 0.25) is 0 Å². The molecule has 0 aromatic carbocycles. The number of aromatic nitrogens is 3. The summed E-state index contributed by atoms with van der Waals surface area (Å²) in [5.74, 6) is 0.680. The van der Waals surface area contributed by atoms with Crippen molar-refractivity contribution in [1.82, 2.24) is 20.3 Å². The zero-order valence-electron chi connectivity index (χ0n) is 10.7. The van der Waals surface area contributed by atoms with E-state index in [0.29, 0.717) is 5.92 Å². The third-order valence-corrected chi connectivity index (χ3v) is 2.44. The fourth-order valence-corrected chi connectivity index (χ4v) is 1.54. The first-order valence-corrected chi connectivity index (χ1v) is 6.32. The maximum absolute atomic E-state index is 4.14. The molecule has 1 N–H and O–H groups in total. The Bertz CT molecular complexity index is 280. The third-order valence-electron chi connectivity index (χ3n) is 2.44. The van der Waals surface area contributed by atoms with Gasteiger partial charge < -0.3 is 5.32 Å². The lowest BCUT2D eigenvalue weighted by molar-refractivity contribution is 0.537. The average molecular weight is 224 g/mol. The summed E-state index contributed by atoms with van der Waals surface area (Å²) < 4.78 is 1.95. The van der Waals surface area contributed by atoms with Crippen LogP contribution in [0.1, 0.15) is 45.7 Å². The normalized spacial score (nSPS) is 11.2. The van der Waals surface area contributed by atoms with Crippen molar-refractivity contribution in [2.24, 2.45) is 5.92 Å². The molecule has 0 bridgehead atoms. The maximum Gasteiger partial charge on any atom is 0.0964 e. The van der Waals surface area contributed by atoms with Crippen molar-refractivity contribution in [3.8, 4) is 0 Å². The van der Waals surface area contributed by atoms with Gasteiger partial charge in [0, 0.05) is 19.3 Å². The molecule has 4 nitrogen and oxygen atoms in total. The number of nitrogens with one attached hydrogen (secondary N) is 1. The second-order valence-corrected chi connectivity index (χ2v) is 4.70. The van der Waals surface area contributed by atoms with E-state index in [1.165, 1.54) is 19.3 Å². The highest BCUT2D eigenvalue weighted by atomic mass is 15.4. The number of nitrogens with zero attached hydrogens (tertiary/aromatic N) is 3. The molecule has 0 amide bonds. The first kappa shape index (κ1) is 13.2. The first-order valence-electron chi connectivity index (χ1n) is 6.32. The molecule has 0 aliphatic heterocycles. The molecule has 1 aromatic heterocycles. The van der Waals surface area contributed by atoms with Crippen molar-refractivity contribution in [1.29, 1.82) is 0 Å². The fraction of sp³-hybridized carbons (Fsp3) is 0.833. The van der Waals surface area contributed by atoms with Crippen molar-refractivity contribution in [3.05, 3.63) is 11.9 Å². The van der Waals surface area contributed by atoms with E-state index in [9.17, 15) is 0 Å². The summed E-state index contributed by atoms with van der Waals surface area (Å²) in [7, 11) is 0. The minimum atomic E-state index is 0.680. The van der Waals surface area contributed by atoms with E-state index in [1.807, 2.05) is 10.9 Å². The predicted octanol–water partition coefficient (Wildman–Crippen LogP) is 2.21. The van der Waals surface area contributed by atoms with E-state index < -0.39 is 0 Å². The van der Waals surface area contributed by atoms with Crippen LogP contribution in [0.5, 0.6) is 0 Å². The summed E-state index contributed by atoms with van der Waals surface area (Å²) in [6.45, 7) is 9.46. The highest BCUT2D eigenvalue weighted by Gasteiger charge is 2.00. The quantitative estimate of drug-likeness (QED) is 0.688. The number of hydrogen-bond acceptors (Lipinski definition) is 3. The van der Waals surface area contributed by atoms with Crippen LogP contribution in [-0.2, 0) is 13.1 Å². The van der Waals surface area contributed by atoms with E-state index in [2.05, 4.69) is 36.4 Å². The first-order chi connectivity index (χ1) is 7.72. The molecule has 0 atom stereocenters. The van der Waals surface area contributed by atoms with Gasteiger partial charge in [0.05, 0.1) is 5.69 Å². The second-order valence-electron chi connectivity index (χ2n) is 4.70. The number of hydrogen-bond donors (Lipinski definition) is 1. The van der Waals surface area contributed by atoms with Crippen LogP contribution in [0.25, 0.3) is 0 Å². The van der Waals surface area contributed by atoms with Gasteiger partial charge in [0.15, 0.2) is 0 Å². The van der Waals surface area contributed by atoms with Crippen LogP contribution < -0.4 is 5.32 Å². The largest absolute Gasteiger partial charge is 0.311 e. The Morgan fingerprint density at radius 2 is 2.19 bits per heavy atom. The van der Waals surface area contributed by atoms with Gasteiger partial charge in [-0.05, 0) is 18.9 Å². The lowest BCUT2D eigenvalue weighted by atomic mass is 10.2. The van der Waals surface area contributed by atoms with Crippen LogP contribution >= 0.6 is 0 Å². The molecule has 1 aromatic rings. The van der Waals surface area contributed by atoms with Gasteiger partial charge in [0.1, 0.15) is 0 Å². The topological polar surface area (TPSA) is 42.7 Å². The number of aryl methyl sites for hydroxylation is 1. The lowest BCUT2D eigenvalue weighted by Gasteiger charge is -2.04. The molecule has 0 saturated heterocycles. The van der Waals surface area contributed by atoms with Crippen molar-refractivity contribution in [2.75, 3.05) is 6.54 Å². The van der Waals surface area contributed by atoms with Crippen molar-refractivity contribution in [3.63, 3.8) is 0 Å². The van der Waals surface area contributed by atoms with Crippen LogP contribution in [0.4, 0.5) is 0 Å². The number of rotatable bonds is 8. The minimum Gasteiger partial charge on any atom is -0.311 e. The predicted molar refractivity (Wildman–Crippen MR) is 66.1 cm³/mol. The fourth-order valence-electron chi connectivity index (χ4n) is 1.54. The van der Waals surface area contributed by atoms with E-state index in [0.717, 1.165) is 25.3 Å². The Labute approximate surface area is 98.4 Å². The molecule has 0 radical (unpaired) electrons. The Morgan fingerprint density at radius 1 is 1.38 bits per heavy atom. The molecule has 0 aliphatic rings. The minimum absolute atomic E-state index is 0.680. The van der Waals surface area contributed by atoms with E-state index >= 15 is 0 Å². The van der Waals surface area contributed by atoms with Crippen LogP contribution in [0, 0.1) is 5.92 Å². The molecule has 0 saturated carbocycles. The molecule has 0 unspecified atom stereocenters. The SMILES string of the molecule is CCCCCn1cc(CNCC(C)C)nn1. The van der Waals surface area contributed by atoms with Gasteiger partial charge in [0.25, 0.3) is 0 Å². The van der Waals surface area contributed by atoms with E-state index in [4.69, 9.17) is 0 Å². The van der Waals surface area contributed by atoms with Crippen molar-refractivity contribution < 1.29 is 0 Å². The lowest BCUT2D eigenvalue weighted by Crippen LogP contribution is -2.19. The molecule has 0 aliphatic carbocycles. The summed E-state index contributed by atoms with van der Waals surface area (Å²) in [5, 5.41) is 11.6. The van der Waals surface area contributed by atoms with Gasteiger partial charge in [-0.25, -0.2) is 0 Å². The van der Waals surface area contributed by atoms with Crippen molar-refractivity contribution >= 4 is 0 Å². The van der Waals surface area contributed by atoms with Crippen molar-refractivity contribution in [2.45, 2.75) is 53.1 Å². The van der Waals surface area contributed by atoms with Crippen LogP contribution in [0.15, 0.2) is 6.20 Å². The molecule has 0 spiro atoms. The summed E-state index contributed by atoms with van der Waals surface area (Å²) in [5.41, 5.74) is 1.04. The van der Waals surface area contributed by atoms with Gasteiger partial charge >= 0.3 is 0 Å². The summed E-state index contributed by atoms with van der Waals surface area (Å²) in [6.07, 6.45) is 5.75. The molecular formula is C12H24N4. The van der Waals surface area contributed by atoms with Crippen LogP contribution in [0.2, 0.25) is 0 Å². The average Bonchev–Trinajstić information content (AvgIpc) is 2.66. The highest BCUT2D eigenvalue weighted by Crippen LogP contribution is 1.99. The molecular weight excluding hydrogens is 200 g/mol. The van der Waals surface area contributed by atoms with Crippen LogP contribution in [-0.4, -0.2) is 21.5 Å². The summed E-state index contributed by atoms with van der Waals surface area (Å²) in [6, 6.07) is 0.